The Bertz CT molecular complexity index is 750. The molecule has 9 heteroatoms. The molecule has 0 spiro atoms. The topological polar surface area (TPSA) is 71.4 Å². The summed E-state index contributed by atoms with van der Waals surface area (Å²) in [6.45, 7) is 18.2. The molecule has 182 valence electrons. The fourth-order valence-electron chi connectivity index (χ4n) is 1.96. The van der Waals surface area contributed by atoms with Crippen molar-refractivity contribution in [2.75, 3.05) is 26.1 Å². The molecule has 1 aliphatic rings. The number of alkyl halides is 2. The molecule has 0 radical (unpaired) electrons. The zero-order valence-corrected chi connectivity index (χ0v) is 20.7. The monoisotopic (exact) mass is 457 g/mol. The van der Waals surface area contributed by atoms with Gasteiger partial charge >= 0.3 is 12.3 Å². The van der Waals surface area contributed by atoms with Gasteiger partial charge in [0.2, 0.25) is 0 Å². The smallest absolute Gasteiger partial charge is 0.409 e. The Morgan fingerprint density at radius 3 is 1.88 bits per heavy atom. The number of hydrogen-bond donors (Lipinski definition) is 0. The number of imide groups is 1. The molecule has 1 aliphatic heterocycles. The van der Waals surface area contributed by atoms with E-state index in [1.165, 1.54) is 41.8 Å². The molecule has 32 heavy (non-hydrogen) atoms. The average molecular weight is 458 g/mol. The number of methoxy groups -OCH3 is 1. The van der Waals surface area contributed by atoms with Crippen LogP contribution in [0.25, 0.3) is 0 Å². The average Bonchev–Trinajstić information content (AvgIpc) is 2.90. The predicted molar refractivity (Wildman–Crippen MR) is 126 cm³/mol. The Morgan fingerprint density at radius 2 is 1.59 bits per heavy atom. The lowest BCUT2D eigenvalue weighted by atomic mass is 10.1. The van der Waals surface area contributed by atoms with Gasteiger partial charge in [-0.2, -0.15) is 0 Å². The molecule has 3 amide bonds. The molecule has 0 N–H and O–H groups in total. The van der Waals surface area contributed by atoms with Gasteiger partial charge < -0.3 is 14.6 Å². The minimum Gasteiger partial charge on any atom is -0.409 e. The van der Waals surface area contributed by atoms with Crippen molar-refractivity contribution in [2.45, 2.75) is 59.8 Å². The lowest BCUT2D eigenvalue weighted by Crippen LogP contribution is -2.41. The third kappa shape index (κ3) is 9.13. The van der Waals surface area contributed by atoms with E-state index in [1.54, 1.807) is 20.9 Å². The number of benzene rings is 1. The highest BCUT2D eigenvalue weighted by molar-refractivity contribution is 6.22. The summed E-state index contributed by atoms with van der Waals surface area (Å²) in [4.78, 5) is 30.0. The van der Waals surface area contributed by atoms with E-state index in [9.17, 15) is 18.4 Å². The second-order valence-corrected chi connectivity index (χ2v) is 6.93. The van der Waals surface area contributed by atoms with Gasteiger partial charge in [0.25, 0.3) is 5.91 Å². The number of ether oxygens (including phenoxy) is 2. The highest BCUT2D eigenvalue weighted by Gasteiger charge is 2.49. The molecule has 7 nitrogen and oxygen atoms in total. The third-order valence-corrected chi connectivity index (χ3v) is 4.22. The van der Waals surface area contributed by atoms with E-state index < -0.39 is 23.8 Å². The number of nitrogens with zero attached hydrogens (tertiary/aromatic N) is 3. The molecular formula is C23H37F2N3O4. The Hall–Kier alpha value is -2.81. The van der Waals surface area contributed by atoms with Gasteiger partial charge in [-0.15, -0.1) is 15.4 Å². The van der Waals surface area contributed by atoms with Gasteiger partial charge in [-0.3, -0.25) is 9.53 Å². The predicted octanol–water partition coefficient (Wildman–Crippen LogP) is 5.75. The van der Waals surface area contributed by atoms with Crippen molar-refractivity contribution in [3.05, 3.63) is 36.4 Å². The summed E-state index contributed by atoms with van der Waals surface area (Å²) in [5.41, 5.74) is 0.570. The molecule has 0 atom stereocenters. The summed E-state index contributed by atoms with van der Waals surface area (Å²) in [7, 11) is 3.98. The van der Waals surface area contributed by atoms with Gasteiger partial charge in [0, 0.05) is 21.2 Å². The van der Waals surface area contributed by atoms with Crippen LogP contribution in [0.2, 0.25) is 0 Å². The minimum absolute atomic E-state index is 0.151. The second-order valence-electron chi connectivity index (χ2n) is 6.93. The van der Waals surface area contributed by atoms with Crippen LogP contribution >= 0.6 is 0 Å². The van der Waals surface area contributed by atoms with E-state index in [0.29, 0.717) is 0 Å². The van der Waals surface area contributed by atoms with Crippen molar-refractivity contribution < 1.29 is 27.8 Å². The molecular weight excluding hydrogens is 420 g/mol. The number of anilines is 1. The van der Waals surface area contributed by atoms with Crippen molar-refractivity contribution in [2.24, 2.45) is 4.99 Å². The Balaban J connectivity index is 0. The summed E-state index contributed by atoms with van der Waals surface area (Å²) in [5, 5.41) is 0. The van der Waals surface area contributed by atoms with E-state index in [0.717, 1.165) is 18.4 Å². The SMILES string of the molecule is C=C(C)CC.C=NC.CC.COC(F)(F)Oc1ccc(N2C(=O)N(C)C(C)(C)C2=O)cc1. The van der Waals surface area contributed by atoms with E-state index >= 15 is 0 Å². The first kappa shape index (κ1) is 31.4. The highest BCUT2D eigenvalue weighted by atomic mass is 19.3. The number of halogens is 2. The van der Waals surface area contributed by atoms with Crippen molar-refractivity contribution in [3.63, 3.8) is 0 Å². The van der Waals surface area contributed by atoms with E-state index in [2.05, 4.69) is 34.7 Å². The summed E-state index contributed by atoms with van der Waals surface area (Å²) in [6, 6.07) is 4.69. The standard InChI is InChI=1S/C14H16F2N2O4.C5H10.C2H5N.C2H6/c1-13(2)11(19)18(12(20)17(13)3)9-5-7-10(8-6-9)22-14(15,16)21-4;1-4-5(2)3;1-3-2;1-2/h5-8H,1-4H3;2,4H2,1,3H3;1H2,2H3;1-2H3. The molecule has 0 saturated carbocycles. The molecule has 0 unspecified atom stereocenters. The fourth-order valence-corrected chi connectivity index (χ4v) is 1.96. The zero-order valence-electron chi connectivity index (χ0n) is 20.7. The van der Waals surface area contributed by atoms with Gasteiger partial charge in [-0.25, -0.2) is 9.69 Å². The maximum atomic E-state index is 12.9. The lowest BCUT2D eigenvalue weighted by molar-refractivity contribution is -0.342. The first-order valence-corrected chi connectivity index (χ1v) is 10.1. The quantitative estimate of drug-likeness (QED) is 0.244. The van der Waals surface area contributed by atoms with Crippen LogP contribution in [0, 0.1) is 0 Å². The Labute approximate surface area is 190 Å². The molecule has 1 aromatic rings. The minimum atomic E-state index is -3.75. The number of allylic oxidation sites excluding steroid dienone is 1. The molecule has 1 heterocycles. The van der Waals surface area contributed by atoms with Crippen LogP contribution in [0.3, 0.4) is 0 Å². The number of hydrogen-bond acceptors (Lipinski definition) is 5. The zero-order chi connectivity index (χ0) is 25.7. The molecule has 0 bridgehead atoms. The fraction of sp³-hybridized carbons (Fsp3) is 0.522. The number of aliphatic imine (C=N–C) groups is 1. The van der Waals surface area contributed by atoms with Gasteiger partial charge in [0.05, 0.1) is 5.69 Å². The second kappa shape index (κ2) is 14.3. The highest BCUT2D eigenvalue weighted by Crippen LogP contribution is 2.32. The Kier molecular flexibility index (Phi) is 14.0. The van der Waals surface area contributed by atoms with Crippen LogP contribution in [-0.2, 0) is 9.53 Å². The number of amides is 3. The number of urea groups is 1. The normalized spacial score (nSPS) is 14.2. The van der Waals surface area contributed by atoms with E-state index in [4.69, 9.17) is 0 Å². The molecule has 1 aromatic carbocycles. The summed E-state index contributed by atoms with van der Waals surface area (Å²) in [5.74, 6) is -0.543. The first-order chi connectivity index (χ1) is 14.8. The third-order valence-electron chi connectivity index (χ3n) is 4.22. The molecule has 2 rings (SSSR count). The maximum absolute atomic E-state index is 12.9. The van der Waals surface area contributed by atoms with Crippen LogP contribution in [-0.4, -0.2) is 56.6 Å². The molecule has 0 aliphatic carbocycles. The van der Waals surface area contributed by atoms with Crippen LogP contribution < -0.4 is 9.64 Å². The van der Waals surface area contributed by atoms with Crippen LogP contribution in [0.5, 0.6) is 5.75 Å². The Morgan fingerprint density at radius 1 is 1.19 bits per heavy atom. The molecule has 0 aromatic heterocycles. The van der Waals surface area contributed by atoms with Gasteiger partial charge in [0.15, 0.2) is 0 Å². The lowest BCUT2D eigenvalue weighted by Gasteiger charge is -2.22. The van der Waals surface area contributed by atoms with Gasteiger partial charge in [-0.05, 0) is 58.2 Å². The van der Waals surface area contributed by atoms with E-state index in [1.807, 2.05) is 20.8 Å². The first-order valence-electron chi connectivity index (χ1n) is 10.1. The van der Waals surface area contributed by atoms with E-state index in [-0.39, 0.29) is 11.4 Å². The molecule has 1 fully saturated rings. The van der Waals surface area contributed by atoms with Crippen molar-refractivity contribution in [3.8, 4) is 5.75 Å². The summed E-state index contributed by atoms with van der Waals surface area (Å²) < 4.78 is 34.1. The summed E-state index contributed by atoms with van der Waals surface area (Å²) in [6.07, 6.45) is -2.64. The van der Waals surface area contributed by atoms with Crippen LogP contribution in [0.4, 0.5) is 19.3 Å². The summed E-state index contributed by atoms with van der Waals surface area (Å²) >= 11 is 0. The molecule has 1 saturated heterocycles. The van der Waals surface area contributed by atoms with Crippen LogP contribution in [0.1, 0.15) is 48.0 Å². The van der Waals surface area contributed by atoms with Crippen LogP contribution in [0.15, 0.2) is 41.4 Å². The number of carbonyl (C=O) groups excluding carboxylic acids is 2. The number of carbonyl (C=O) groups is 2. The van der Waals surface area contributed by atoms with Gasteiger partial charge in [-0.1, -0.05) is 26.3 Å². The van der Waals surface area contributed by atoms with Crippen molar-refractivity contribution >= 4 is 24.3 Å². The van der Waals surface area contributed by atoms with Crippen molar-refractivity contribution in [1.82, 2.24) is 4.90 Å². The van der Waals surface area contributed by atoms with Gasteiger partial charge in [0.1, 0.15) is 11.3 Å². The number of likely N-dealkylation sites (N-methyl/N-ethyl adjacent to an activating group) is 1. The largest absolute Gasteiger partial charge is 0.535 e. The van der Waals surface area contributed by atoms with Crippen molar-refractivity contribution in [1.29, 1.82) is 0 Å². The number of rotatable bonds is 5. The maximum Gasteiger partial charge on any atom is 0.535 e.